The van der Waals surface area contributed by atoms with Crippen LogP contribution < -0.4 is 5.56 Å². The molecule has 4 aromatic heterocycles. The molecule has 4 aromatic rings. The van der Waals surface area contributed by atoms with Crippen LogP contribution >= 0.6 is 11.3 Å². The van der Waals surface area contributed by atoms with Gasteiger partial charge in [-0.3, -0.25) is 9.78 Å². The van der Waals surface area contributed by atoms with E-state index in [4.69, 9.17) is 0 Å². The summed E-state index contributed by atoms with van der Waals surface area (Å²) in [4.78, 5) is 28.4. The number of aromatic nitrogens is 5. The molecule has 4 rings (SSSR count). The molecule has 0 aliphatic carbocycles. The number of aromatic amines is 1. The Morgan fingerprint density at radius 3 is 2.83 bits per heavy atom. The molecule has 0 unspecified atom stereocenters. The smallest absolute Gasteiger partial charge is 0.269 e. The van der Waals surface area contributed by atoms with Crippen molar-refractivity contribution in [3.8, 4) is 22.8 Å². The zero-order chi connectivity index (χ0) is 16.0. The maximum atomic E-state index is 12.4. The van der Waals surface area contributed by atoms with Crippen molar-refractivity contribution in [2.45, 2.75) is 6.92 Å². The molecule has 0 spiro atoms. The highest BCUT2D eigenvalue weighted by atomic mass is 32.1. The minimum Gasteiger partial charge on any atom is -0.331 e. The summed E-state index contributed by atoms with van der Waals surface area (Å²) in [5.74, 6) is 1.10. The fourth-order valence-electron chi connectivity index (χ4n) is 2.46. The van der Waals surface area contributed by atoms with Gasteiger partial charge in [0.2, 0.25) is 0 Å². The molecule has 0 amide bonds. The zero-order valence-corrected chi connectivity index (χ0v) is 13.4. The second-order valence-electron chi connectivity index (χ2n) is 5.29. The average Bonchev–Trinajstić information content (AvgIpc) is 3.14. The van der Waals surface area contributed by atoms with Gasteiger partial charge in [-0.25, -0.2) is 9.97 Å². The molecule has 23 heavy (non-hydrogen) atoms. The van der Waals surface area contributed by atoms with Crippen molar-refractivity contribution >= 4 is 21.6 Å². The van der Waals surface area contributed by atoms with E-state index < -0.39 is 0 Å². The topological polar surface area (TPSA) is 76.5 Å². The van der Waals surface area contributed by atoms with Crippen LogP contribution in [0.1, 0.15) is 5.69 Å². The Labute approximate surface area is 135 Å². The van der Waals surface area contributed by atoms with Crippen molar-refractivity contribution in [2.24, 2.45) is 7.05 Å². The Bertz CT molecular complexity index is 1060. The Balaban J connectivity index is 1.97. The van der Waals surface area contributed by atoms with Crippen LogP contribution in [0.4, 0.5) is 0 Å². The molecule has 0 fully saturated rings. The number of H-pyrrole nitrogens is 1. The molecule has 0 saturated carbocycles. The van der Waals surface area contributed by atoms with Gasteiger partial charge in [0.15, 0.2) is 11.6 Å². The van der Waals surface area contributed by atoms with Gasteiger partial charge in [0.05, 0.1) is 5.52 Å². The number of thiophene rings is 1. The fraction of sp³-hybridized carbons (Fsp3) is 0.125. The Hall–Kier alpha value is -2.80. The Morgan fingerprint density at radius 2 is 2.13 bits per heavy atom. The fourth-order valence-corrected chi connectivity index (χ4v) is 3.37. The maximum absolute atomic E-state index is 12.4. The molecular weight excluding hydrogens is 310 g/mol. The van der Waals surface area contributed by atoms with Crippen LogP contribution in [0.25, 0.3) is 33.0 Å². The quantitative estimate of drug-likeness (QED) is 0.615. The van der Waals surface area contributed by atoms with Gasteiger partial charge in [-0.05, 0) is 13.0 Å². The molecule has 114 valence electrons. The molecule has 0 aliphatic rings. The Morgan fingerprint density at radius 1 is 1.26 bits per heavy atom. The third-order valence-corrected chi connectivity index (χ3v) is 4.65. The number of imidazole rings is 1. The largest absolute Gasteiger partial charge is 0.331 e. The van der Waals surface area contributed by atoms with E-state index in [1.807, 2.05) is 42.2 Å². The molecule has 4 heterocycles. The van der Waals surface area contributed by atoms with Crippen molar-refractivity contribution in [3.63, 3.8) is 0 Å². The van der Waals surface area contributed by atoms with Gasteiger partial charge < -0.3 is 9.55 Å². The predicted molar refractivity (Wildman–Crippen MR) is 90.4 cm³/mol. The standard InChI is InChI=1S/C16H13N5OS/c1-9-3-4-10(7-18-9)11-8-23-13-12(11)19-14(20-16(13)22)15-17-5-6-21(15)2/h3-8H,1-2H3,(H,19,20,22). The molecule has 6 nitrogen and oxygen atoms in total. The van der Waals surface area contributed by atoms with Crippen LogP contribution in [0.15, 0.2) is 40.9 Å². The van der Waals surface area contributed by atoms with E-state index in [1.54, 1.807) is 12.4 Å². The van der Waals surface area contributed by atoms with E-state index in [-0.39, 0.29) is 5.56 Å². The van der Waals surface area contributed by atoms with E-state index in [0.29, 0.717) is 21.9 Å². The Kier molecular flexibility index (Phi) is 3.09. The van der Waals surface area contributed by atoms with Crippen LogP contribution in [-0.2, 0) is 7.05 Å². The minimum absolute atomic E-state index is 0.149. The van der Waals surface area contributed by atoms with Gasteiger partial charge in [-0.2, -0.15) is 0 Å². The van der Waals surface area contributed by atoms with E-state index in [0.717, 1.165) is 16.8 Å². The number of fused-ring (bicyclic) bond motifs is 1. The first-order chi connectivity index (χ1) is 11.1. The van der Waals surface area contributed by atoms with Crippen molar-refractivity contribution in [1.29, 1.82) is 0 Å². The maximum Gasteiger partial charge on any atom is 0.269 e. The first-order valence-electron chi connectivity index (χ1n) is 7.06. The number of nitrogens with one attached hydrogen (secondary N) is 1. The van der Waals surface area contributed by atoms with Crippen LogP contribution in [0.5, 0.6) is 0 Å². The normalized spacial score (nSPS) is 11.2. The SMILES string of the molecule is Cc1ccc(-c2csc3c(=O)[nH]c(-c4nccn4C)nc23)cn1. The molecular formula is C16H13N5OS. The lowest BCUT2D eigenvalue weighted by Gasteiger charge is -2.03. The lowest BCUT2D eigenvalue weighted by Crippen LogP contribution is -2.09. The van der Waals surface area contributed by atoms with Crippen LogP contribution in [0.3, 0.4) is 0 Å². The highest BCUT2D eigenvalue weighted by Crippen LogP contribution is 2.31. The molecule has 0 atom stereocenters. The second-order valence-corrected chi connectivity index (χ2v) is 6.17. The van der Waals surface area contributed by atoms with Gasteiger partial charge in [0.1, 0.15) is 4.70 Å². The average molecular weight is 323 g/mol. The van der Waals surface area contributed by atoms with Crippen LogP contribution in [0, 0.1) is 6.92 Å². The van der Waals surface area contributed by atoms with E-state index in [2.05, 4.69) is 19.9 Å². The van der Waals surface area contributed by atoms with Crippen molar-refractivity contribution in [3.05, 3.63) is 52.2 Å². The van der Waals surface area contributed by atoms with Gasteiger partial charge in [0, 0.05) is 47.8 Å². The second kappa shape index (κ2) is 5.13. The lowest BCUT2D eigenvalue weighted by atomic mass is 10.1. The summed E-state index contributed by atoms with van der Waals surface area (Å²) in [7, 11) is 1.87. The molecule has 0 aromatic carbocycles. The van der Waals surface area contributed by atoms with Crippen LogP contribution in [-0.4, -0.2) is 24.5 Å². The molecule has 1 N–H and O–H groups in total. The third kappa shape index (κ3) is 2.25. The van der Waals surface area contributed by atoms with Crippen molar-refractivity contribution in [1.82, 2.24) is 24.5 Å². The van der Waals surface area contributed by atoms with Crippen LogP contribution in [0.2, 0.25) is 0 Å². The number of rotatable bonds is 2. The van der Waals surface area contributed by atoms with E-state index >= 15 is 0 Å². The lowest BCUT2D eigenvalue weighted by molar-refractivity contribution is 0.907. The third-order valence-electron chi connectivity index (χ3n) is 3.68. The molecule has 0 radical (unpaired) electrons. The number of nitrogens with zero attached hydrogens (tertiary/aromatic N) is 4. The number of aryl methyl sites for hydroxylation is 2. The summed E-state index contributed by atoms with van der Waals surface area (Å²) in [6.45, 7) is 1.94. The summed E-state index contributed by atoms with van der Waals surface area (Å²) >= 11 is 1.39. The highest BCUT2D eigenvalue weighted by molar-refractivity contribution is 7.17. The number of pyridine rings is 1. The summed E-state index contributed by atoms with van der Waals surface area (Å²) in [5, 5.41) is 1.95. The number of hydrogen-bond donors (Lipinski definition) is 1. The summed E-state index contributed by atoms with van der Waals surface area (Å²) in [6.07, 6.45) is 5.30. The minimum atomic E-state index is -0.149. The predicted octanol–water partition coefficient (Wildman–Crippen LogP) is 2.76. The number of hydrogen-bond acceptors (Lipinski definition) is 5. The highest BCUT2D eigenvalue weighted by Gasteiger charge is 2.15. The van der Waals surface area contributed by atoms with Gasteiger partial charge in [-0.1, -0.05) is 6.07 Å². The van der Waals surface area contributed by atoms with Gasteiger partial charge in [-0.15, -0.1) is 11.3 Å². The monoisotopic (exact) mass is 323 g/mol. The van der Waals surface area contributed by atoms with Crippen molar-refractivity contribution in [2.75, 3.05) is 0 Å². The first-order valence-corrected chi connectivity index (χ1v) is 7.93. The van der Waals surface area contributed by atoms with Crippen molar-refractivity contribution < 1.29 is 0 Å². The van der Waals surface area contributed by atoms with E-state index in [9.17, 15) is 4.79 Å². The zero-order valence-electron chi connectivity index (χ0n) is 12.6. The summed E-state index contributed by atoms with van der Waals surface area (Å²) in [6, 6.07) is 3.94. The molecule has 7 heteroatoms. The first kappa shape index (κ1) is 13.8. The molecule has 0 bridgehead atoms. The summed E-state index contributed by atoms with van der Waals surface area (Å²) < 4.78 is 2.43. The van der Waals surface area contributed by atoms with Gasteiger partial charge in [0.25, 0.3) is 5.56 Å². The van der Waals surface area contributed by atoms with E-state index in [1.165, 1.54) is 11.3 Å². The molecule has 0 aliphatic heterocycles. The van der Waals surface area contributed by atoms with Gasteiger partial charge >= 0.3 is 0 Å². The molecule has 0 saturated heterocycles. The summed E-state index contributed by atoms with van der Waals surface area (Å²) in [5.41, 5.74) is 3.35.